The van der Waals surface area contributed by atoms with Crippen molar-refractivity contribution in [3.8, 4) is 0 Å². The molecule has 0 radical (unpaired) electrons. The number of fused-ring (bicyclic) bond motifs is 1. The molecule has 1 nitrogen and oxygen atoms in total. The van der Waals surface area contributed by atoms with Gasteiger partial charge in [-0.15, -0.1) is 0 Å². The van der Waals surface area contributed by atoms with Gasteiger partial charge < -0.3 is 4.98 Å². The van der Waals surface area contributed by atoms with Crippen LogP contribution in [-0.2, 0) is 6.42 Å². The lowest BCUT2D eigenvalue weighted by Crippen LogP contribution is -1.88. The second-order valence-corrected chi connectivity index (χ2v) is 3.92. The van der Waals surface area contributed by atoms with E-state index in [1.807, 2.05) is 26.8 Å². The van der Waals surface area contributed by atoms with Crippen LogP contribution < -0.4 is 0 Å². The Bertz CT molecular complexity index is 517. The summed E-state index contributed by atoms with van der Waals surface area (Å²) in [6.45, 7) is 13.9. The largest absolute Gasteiger partial charge is 0.361 e. The number of benzene rings is 1. The van der Waals surface area contributed by atoms with E-state index in [1.54, 1.807) is 0 Å². The fourth-order valence-corrected chi connectivity index (χ4v) is 1.66. The van der Waals surface area contributed by atoms with E-state index in [0.717, 1.165) is 17.6 Å². The highest BCUT2D eigenvalue weighted by Crippen LogP contribution is 2.21. The van der Waals surface area contributed by atoms with Crippen LogP contribution in [0.15, 0.2) is 54.8 Å². The van der Waals surface area contributed by atoms with Crippen LogP contribution in [0.2, 0.25) is 0 Å². The molecule has 2 rings (SSSR count). The molecule has 0 saturated carbocycles. The van der Waals surface area contributed by atoms with Gasteiger partial charge in [-0.2, -0.15) is 0 Å². The van der Waals surface area contributed by atoms with Gasteiger partial charge in [-0.3, -0.25) is 0 Å². The lowest BCUT2D eigenvalue weighted by Gasteiger charge is -2.03. The molecule has 1 aromatic carbocycles. The third kappa shape index (κ3) is 3.10. The number of para-hydroxylation sites is 1. The van der Waals surface area contributed by atoms with Crippen molar-refractivity contribution in [2.45, 2.75) is 27.2 Å². The molecule has 17 heavy (non-hydrogen) atoms. The fourth-order valence-electron chi connectivity index (χ4n) is 1.66. The third-order valence-corrected chi connectivity index (χ3v) is 2.68. The van der Waals surface area contributed by atoms with Crippen LogP contribution in [0.4, 0.5) is 0 Å². The van der Waals surface area contributed by atoms with Crippen molar-refractivity contribution in [1.82, 2.24) is 4.98 Å². The lowest BCUT2D eigenvalue weighted by molar-refractivity contribution is 1.17. The molecule has 0 spiro atoms. The van der Waals surface area contributed by atoms with E-state index in [1.165, 1.54) is 16.5 Å². The molecular weight excluding hydrogens is 206 g/mol. The molecule has 0 amide bonds. The predicted octanol–water partition coefficient (Wildman–Crippen LogP) is 4.87. The Hall–Kier alpha value is -1.76. The number of allylic oxidation sites excluding steroid dienone is 2. The van der Waals surface area contributed by atoms with Gasteiger partial charge in [0, 0.05) is 17.1 Å². The molecule has 0 fully saturated rings. The third-order valence-electron chi connectivity index (χ3n) is 2.68. The maximum atomic E-state index is 4.02. The maximum Gasteiger partial charge on any atom is 0.0456 e. The smallest absolute Gasteiger partial charge is 0.0456 e. The summed E-state index contributed by atoms with van der Waals surface area (Å²) >= 11 is 0. The quantitative estimate of drug-likeness (QED) is 0.720. The molecule has 0 aliphatic carbocycles. The van der Waals surface area contributed by atoms with Gasteiger partial charge in [0.05, 0.1) is 0 Å². The van der Waals surface area contributed by atoms with E-state index in [-0.39, 0.29) is 0 Å². The molecule has 0 saturated heterocycles. The maximum absolute atomic E-state index is 4.02. The second-order valence-electron chi connectivity index (χ2n) is 3.92. The minimum Gasteiger partial charge on any atom is -0.361 e. The summed E-state index contributed by atoms with van der Waals surface area (Å²) in [5.41, 5.74) is 4.63. The van der Waals surface area contributed by atoms with Crippen LogP contribution in [0.5, 0.6) is 0 Å². The Kier molecular flexibility index (Phi) is 4.77. The van der Waals surface area contributed by atoms with Gasteiger partial charge in [0.2, 0.25) is 0 Å². The van der Waals surface area contributed by atoms with Crippen LogP contribution >= 0.6 is 0 Å². The van der Waals surface area contributed by atoms with Crippen molar-refractivity contribution < 1.29 is 0 Å². The average Bonchev–Trinajstić information content (AvgIpc) is 2.75. The van der Waals surface area contributed by atoms with Gasteiger partial charge in [0.25, 0.3) is 0 Å². The normalized spacial score (nSPS) is 9.59. The minimum atomic E-state index is 0.874. The number of hydrogen-bond acceptors (Lipinski definition) is 0. The van der Waals surface area contributed by atoms with E-state index < -0.39 is 0 Å². The van der Waals surface area contributed by atoms with Gasteiger partial charge in [-0.25, -0.2) is 0 Å². The molecule has 1 heteroatoms. The zero-order chi connectivity index (χ0) is 12.8. The van der Waals surface area contributed by atoms with Crippen LogP contribution in [-0.4, -0.2) is 4.98 Å². The van der Waals surface area contributed by atoms with Crippen LogP contribution in [0.3, 0.4) is 0 Å². The monoisotopic (exact) mass is 227 g/mol. The summed E-state index contributed by atoms with van der Waals surface area (Å²) in [4.78, 5) is 3.26. The number of aromatic nitrogens is 1. The summed E-state index contributed by atoms with van der Waals surface area (Å²) in [5.74, 6) is 0. The van der Waals surface area contributed by atoms with E-state index >= 15 is 0 Å². The highest BCUT2D eigenvalue weighted by atomic mass is 14.7. The van der Waals surface area contributed by atoms with E-state index in [0.29, 0.717) is 0 Å². The van der Waals surface area contributed by atoms with E-state index in [4.69, 9.17) is 0 Å². The van der Waals surface area contributed by atoms with Gasteiger partial charge in [0.15, 0.2) is 0 Å². The van der Waals surface area contributed by atoms with Crippen molar-refractivity contribution in [2.75, 3.05) is 0 Å². The van der Waals surface area contributed by atoms with E-state index in [9.17, 15) is 0 Å². The van der Waals surface area contributed by atoms with Gasteiger partial charge in [-0.1, -0.05) is 50.8 Å². The number of rotatable bonds is 3. The van der Waals surface area contributed by atoms with Gasteiger partial charge in [0.1, 0.15) is 0 Å². The highest BCUT2D eigenvalue weighted by Gasteiger charge is 2.04. The summed E-state index contributed by atoms with van der Waals surface area (Å²) in [7, 11) is 0. The predicted molar refractivity (Wildman–Crippen MR) is 77.3 cm³/mol. The Morgan fingerprint density at radius 1 is 1.18 bits per heavy atom. The molecule has 0 aliphatic heterocycles. The SMILES string of the molecule is C=C(C)C(=C)Cc1c[nH]c2ccccc12.CC. The molecule has 0 unspecified atom stereocenters. The molecule has 90 valence electrons. The van der Waals surface area contributed by atoms with Crippen molar-refractivity contribution >= 4 is 10.9 Å². The topological polar surface area (TPSA) is 15.8 Å². The number of H-pyrrole nitrogens is 1. The second kappa shape index (κ2) is 6.09. The van der Waals surface area contributed by atoms with Gasteiger partial charge >= 0.3 is 0 Å². The van der Waals surface area contributed by atoms with Crippen LogP contribution in [0, 0.1) is 0 Å². The molecule has 0 bridgehead atoms. The summed E-state index contributed by atoms with van der Waals surface area (Å²) in [6, 6.07) is 8.31. The molecule has 1 N–H and O–H groups in total. The minimum absolute atomic E-state index is 0.874. The van der Waals surface area contributed by atoms with Crippen molar-refractivity contribution in [2.24, 2.45) is 0 Å². The molecule has 0 atom stereocenters. The van der Waals surface area contributed by atoms with Crippen LogP contribution in [0.25, 0.3) is 10.9 Å². The summed E-state index contributed by atoms with van der Waals surface area (Å²) in [6.07, 6.45) is 2.93. The van der Waals surface area contributed by atoms with E-state index in [2.05, 4.69) is 42.5 Å². The molecule has 1 aromatic heterocycles. The summed E-state index contributed by atoms with van der Waals surface area (Å²) in [5, 5.41) is 1.28. The fraction of sp³-hybridized carbons (Fsp3) is 0.250. The van der Waals surface area contributed by atoms with Crippen molar-refractivity contribution in [1.29, 1.82) is 0 Å². The lowest BCUT2D eigenvalue weighted by atomic mass is 10.0. The first-order valence-electron chi connectivity index (χ1n) is 6.07. The first kappa shape index (κ1) is 13.3. The standard InChI is InChI=1S/C14H15N.C2H6/c1-10(2)11(3)8-12-9-15-14-7-5-4-6-13(12)14;1-2/h4-7,9,15H,1,3,8H2,2H3;1-2H3. The highest BCUT2D eigenvalue weighted by molar-refractivity contribution is 5.83. The molecule has 2 aromatic rings. The number of hydrogen-bond donors (Lipinski definition) is 1. The number of nitrogens with one attached hydrogen (secondary N) is 1. The Morgan fingerprint density at radius 3 is 2.47 bits per heavy atom. The first-order chi connectivity index (χ1) is 8.18. The van der Waals surface area contributed by atoms with Gasteiger partial charge in [-0.05, 0) is 30.5 Å². The summed E-state index contributed by atoms with van der Waals surface area (Å²) < 4.78 is 0. The molecule has 1 heterocycles. The van der Waals surface area contributed by atoms with Crippen molar-refractivity contribution in [3.63, 3.8) is 0 Å². The average molecular weight is 227 g/mol. The Labute approximate surface area is 104 Å². The zero-order valence-electron chi connectivity index (χ0n) is 11.0. The molecule has 0 aliphatic rings. The van der Waals surface area contributed by atoms with Crippen LogP contribution in [0.1, 0.15) is 26.3 Å². The molecular formula is C16H21N. The Balaban J connectivity index is 0.000000686. The first-order valence-corrected chi connectivity index (χ1v) is 6.07. The zero-order valence-corrected chi connectivity index (χ0v) is 11.0. The van der Waals surface area contributed by atoms with Crippen molar-refractivity contribution in [3.05, 3.63) is 60.3 Å². The number of aromatic amines is 1. The Morgan fingerprint density at radius 2 is 1.82 bits per heavy atom.